The van der Waals surface area contributed by atoms with Crippen LogP contribution in [0.5, 0.6) is 0 Å². The third-order valence-electron chi connectivity index (χ3n) is 4.58. The normalized spacial score (nSPS) is 16.3. The molecule has 1 aliphatic rings. The van der Waals surface area contributed by atoms with Crippen LogP contribution in [-0.2, 0) is 11.2 Å². The lowest BCUT2D eigenvalue weighted by atomic mass is 9.82. The van der Waals surface area contributed by atoms with Gasteiger partial charge in [0, 0.05) is 6.07 Å². The molecular weight excluding hydrogens is 314 g/mol. The maximum atomic E-state index is 12.9. The Hall–Kier alpha value is -3.02. The molecule has 0 unspecified atom stereocenters. The van der Waals surface area contributed by atoms with E-state index in [1.165, 1.54) is 5.56 Å². The van der Waals surface area contributed by atoms with Crippen LogP contribution in [0.25, 0.3) is 5.82 Å². The van der Waals surface area contributed by atoms with Gasteiger partial charge < -0.3 is 5.32 Å². The van der Waals surface area contributed by atoms with E-state index in [0.29, 0.717) is 11.6 Å². The van der Waals surface area contributed by atoms with Gasteiger partial charge in [-0.25, -0.2) is 0 Å². The average Bonchev–Trinajstić information content (AvgIpc) is 3.10. The van der Waals surface area contributed by atoms with Crippen LogP contribution in [0.3, 0.4) is 0 Å². The van der Waals surface area contributed by atoms with Crippen molar-refractivity contribution in [1.82, 2.24) is 20.0 Å². The van der Waals surface area contributed by atoms with Crippen LogP contribution >= 0.6 is 0 Å². The molecule has 6 heteroatoms. The first-order valence-corrected chi connectivity index (χ1v) is 8.46. The van der Waals surface area contributed by atoms with Crippen molar-refractivity contribution in [2.24, 2.45) is 0 Å². The zero-order valence-electron chi connectivity index (χ0n) is 14.0. The fourth-order valence-corrected chi connectivity index (χ4v) is 3.33. The number of amides is 1. The molecule has 0 saturated carbocycles. The number of hydrogen-bond acceptors (Lipinski definition) is 4. The van der Waals surface area contributed by atoms with E-state index in [-0.39, 0.29) is 11.8 Å². The van der Waals surface area contributed by atoms with E-state index in [1.807, 2.05) is 31.2 Å². The Kier molecular flexibility index (Phi) is 4.01. The topological polar surface area (TPSA) is 72.7 Å². The van der Waals surface area contributed by atoms with E-state index in [0.717, 1.165) is 30.5 Å². The highest BCUT2D eigenvalue weighted by Crippen LogP contribution is 2.32. The maximum Gasteiger partial charge on any atom is 0.233 e. The van der Waals surface area contributed by atoms with Gasteiger partial charge in [-0.3, -0.25) is 4.79 Å². The molecule has 1 N–H and O–H groups in total. The Morgan fingerprint density at radius 3 is 2.88 bits per heavy atom. The monoisotopic (exact) mass is 333 g/mol. The summed E-state index contributed by atoms with van der Waals surface area (Å²) in [6.45, 7) is 1.88. The minimum atomic E-state index is -0.127. The number of aromatic nitrogens is 4. The first-order chi connectivity index (χ1) is 12.2. The molecule has 2 aromatic heterocycles. The molecule has 0 bridgehead atoms. The van der Waals surface area contributed by atoms with Crippen LogP contribution in [0, 0.1) is 6.92 Å². The van der Waals surface area contributed by atoms with Crippen LogP contribution < -0.4 is 5.32 Å². The molecule has 0 radical (unpaired) electrons. The number of aryl methyl sites for hydroxylation is 2. The van der Waals surface area contributed by atoms with Gasteiger partial charge in [0.25, 0.3) is 0 Å². The average molecular weight is 333 g/mol. The summed E-state index contributed by atoms with van der Waals surface area (Å²) in [4.78, 5) is 12.9. The van der Waals surface area contributed by atoms with Gasteiger partial charge in [-0.2, -0.15) is 14.9 Å². The minimum absolute atomic E-state index is 0.00558. The predicted molar refractivity (Wildman–Crippen MR) is 94.6 cm³/mol. The highest BCUT2D eigenvalue weighted by molar-refractivity contribution is 5.95. The molecule has 2 heterocycles. The van der Waals surface area contributed by atoms with Gasteiger partial charge in [0.15, 0.2) is 5.82 Å². The molecule has 0 saturated heterocycles. The molecule has 0 spiro atoms. The van der Waals surface area contributed by atoms with E-state index >= 15 is 0 Å². The molecule has 4 rings (SSSR count). The van der Waals surface area contributed by atoms with Crippen molar-refractivity contribution in [1.29, 1.82) is 0 Å². The summed E-state index contributed by atoms with van der Waals surface area (Å²) >= 11 is 0. The van der Waals surface area contributed by atoms with Crippen molar-refractivity contribution < 1.29 is 4.79 Å². The minimum Gasteiger partial charge on any atom is -0.310 e. The second-order valence-electron chi connectivity index (χ2n) is 6.29. The lowest BCUT2D eigenvalue weighted by Gasteiger charge is -2.24. The smallest absolute Gasteiger partial charge is 0.233 e. The summed E-state index contributed by atoms with van der Waals surface area (Å²) < 4.78 is 1.60. The van der Waals surface area contributed by atoms with Gasteiger partial charge in [-0.1, -0.05) is 24.3 Å². The van der Waals surface area contributed by atoms with E-state index in [4.69, 9.17) is 0 Å². The Morgan fingerprint density at radius 1 is 1.16 bits per heavy atom. The molecule has 1 aliphatic carbocycles. The van der Waals surface area contributed by atoms with E-state index < -0.39 is 0 Å². The molecule has 1 atom stereocenters. The Bertz CT molecular complexity index is 900. The van der Waals surface area contributed by atoms with Crippen LogP contribution in [0.1, 0.15) is 35.6 Å². The number of anilines is 1. The van der Waals surface area contributed by atoms with Gasteiger partial charge in [0.1, 0.15) is 5.82 Å². The molecule has 25 heavy (non-hydrogen) atoms. The number of benzene rings is 1. The largest absolute Gasteiger partial charge is 0.310 e. The molecule has 1 amide bonds. The standard InChI is InChI=1S/C19H19N5O/c1-13-9-10-18(23-22-13)24-17(11-12-20-24)21-19(25)16-8-4-6-14-5-2-3-7-15(14)16/h2-3,5,7,9-12,16H,4,6,8H2,1H3,(H,21,25)/t16-/m0/s1. The molecule has 1 aromatic carbocycles. The summed E-state index contributed by atoms with van der Waals surface area (Å²) in [7, 11) is 0. The van der Waals surface area contributed by atoms with Crippen LogP contribution in [0.4, 0.5) is 5.82 Å². The fraction of sp³-hybridized carbons (Fsp3) is 0.263. The quantitative estimate of drug-likeness (QED) is 0.799. The zero-order valence-corrected chi connectivity index (χ0v) is 14.0. The summed E-state index contributed by atoms with van der Waals surface area (Å²) in [6.07, 6.45) is 4.57. The van der Waals surface area contributed by atoms with Gasteiger partial charge >= 0.3 is 0 Å². The lowest BCUT2D eigenvalue weighted by molar-refractivity contribution is -0.117. The lowest BCUT2D eigenvalue weighted by Crippen LogP contribution is -2.25. The second kappa shape index (κ2) is 6.47. The number of hydrogen-bond donors (Lipinski definition) is 1. The number of carbonyl (C=O) groups excluding carboxylic acids is 1. The third kappa shape index (κ3) is 3.03. The Labute approximate surface area is 145 Å². The van der Waals surface area contributed by atoms with Crippen molar-refractivity contribution >= 4 is 11.7 Å². The number of nitrogens with one attached hydrogen (secondary N) is 1. The van der Waals surface area contributed by atoms with Gasteiger partial charge in [0.2, 0.25) is 5.91 Å². The van der Waals surface area contributed by atoms with Gasteiger partial charge in [-0.15, -0.1) is 5.10 Å². The fourth-order valence-electron chi connectivity index (χ4n) is 3.33. The highest BCUT2D eigenvalue weighted by Gasteiger charge is 2.26. The van der Waals surface area contributed by atoms with Crippen LogP contribution in [0.15, 0.2) is 48.7 Å². The van der Waals surface area contributed by atoms with E-state index in [2.05, 4.69) is 32.7 Å². The first kappa shape index (κ1) is 15.5. The molecule has 0 fully saturated rings. The molecule has 3 aromatic rings. The van der Waals surface area contributed by atoms with Crippen molar-refractivity contribution in [3.05, 3.63) is 65.5 Å². The highest BCUT2D eigenvalue weighted by atomic mass is 16.2. The summed E-state index contributed by atoms with van der Waals surface area (Å²) in [6, 6.07) is 13.7. The number of carbonyl (C=O) groups is 1. The van der Waals surface area contributed by atoms with Crippen molar-refractivity contribution in [3.63, 3.8) is 0 Å². The number of nitrogens with zero attached hydrogens (tertiary/aromatic N) is 4. The first-order valence-electron chi connectivity index (χ1n) is 8.46. The molecule has 126 valence electrons. The van der Waals surface area contributed by atoms with Gasteiger partial charge in [-0.05, 0) is 49.4 Å². The van der Waals surface area contributed by atoms with Crippen molar-refractivity contribution in [3.8, 4) is 5.82 Å². The summed E-state index contributed by atoms with van der Waals surface area (Å²) in [5.41, 5.74) is 3.24. The Morgan fingerprint density at radius 2 is 2.04 bits per heavy atom. The summed E-state index contributed by atoms with van der Waals surface area (Å²) in [5, 5.41) is 15.5. The molecule has 0 aliphatic heterocycles. The second-order valence-corrected chi connectivity index (χ2v) is 6.29. The van der Waals surface area contributed by atoms with E-state index in [1.54, 1.807) is 16.9 Å². The molecular formula is C19H19N5O. The Balaban J connectivity index is 1.59. The predicted octanol–water partition coefficient (Wildman–Crippen LogP) is 3.03. The van der Waals surface area contributed by atoms with Crippen LogP contribution in [-0.4, -0.2) is 25.9 Å². The van der Waals surface area contributed by atoms with E-state index in [9.17, 15) is 4.79 Å². The summed E-state index contributed by atoms with van der Waals surface area (Å²) in [5.74, 6) is 1.05. The van der Waals surface area contributed by atoms with Gasteiger partial charge in [0.05, 0.1) is 17.8 Å². The van der Waals surface area contributed by atoms with Crippen LogP contribution in [0.2, 0.25) is 0 Å². The zero-order chi connectivity index (χ0) is 17.2. The number of fused-ring (bicyclic) bond motifs is 1. The van der Waals surface area contributed by atoms with Crippen molar-refractivity contribution in [2.75, 3.05) is 5.32 Å². The molecule has 6 nitrogen and oxygen atoms in total. The third-order valence-corrected chi connectivity index (χ3v) is 4.58. The SMILES string of the molecule is Cc1ccc(-n2nccc2NC(=O)[C@H]2CCCc3ccccc32)nn1. The number of rotatable bonds is 3. The maximum absolute atomic E-state index is 12.9. The van der Waals surface area contributed by atoms with Crippen molar-refractivity contribution in [2.45, 2.75) is 32.1 Å².